The zero-order chi connectivity index (χ0) is 19.1. The van der Waals surface area contributed by atoms with Gasteiger partial charge in [0.05, 0.1) is 12.7 Å². The van der Waals surface area contributed by atoms with E-state index in [0.717, 1.165) is 37.7 Å². The van der Waals surface area contributed by atoms with Gasteiger partial charge in [-0.25, -0.2) is 0 Å². The molecule has 2 fully saturated rings. The van der Waals surface area contributed by atoms with Crippen LogP contribution in [0.1, 0.15) is 54.4 Å². The van der Waals surface area contributed by atoms with Gasteiger partial charge in [-0.2, -0.15) is 0 Å². The fourth-order valence-corrected chi connectivity index (χ4v) is 4.40. The predicted octanol–water partition coefficient (Wildman–Crippen LogP) is 3.07. The number of carbonyl (C=O) groups excluding carboxylic acids is 1. The Labute approximate surface area is 164 Å². The molecule has 1 aromatic carbocycles. The van der Waals surface area contributed by atoms with Crippen LogP contribution in [0.25, 0.3) is 0 Å². The number of hydrogen-bond donors (Lipinski definition) is 1. The van der Waals surface area contributed by atoms with E-state index < -0.39 is 0 Å². The van der Waals surface area contributed by atoms with E-state index in [1.165, 1.54) is 45.2 Å². The first-order valence-electron chi connectivity index (χ1n) is 10.6. The minimum atomic E-state index is -0.0438. The molecule has 0 bridgehead atoms. The Morgan fingerprint density at radius 1 is 1.15 bits per heavy atom. The van der Waals surface area contributed by atoms with E-state index in [1.54, 1.807) is 7.11 Å². The van der Waals surface area contributed by atoms with Gasteiger partial charge >= 0.3 is 0 Å². The van der Waals surface area contributed by atoms with Crippen molar-refractivity contribution >= 4 is 5.91 Å². The fraction of sp³-hybridized carbons (Fsp3) is 0.682. The van der Waals surface area contributed by atoms with Gasteiger partial charge in [0, 0.05) is 38.8 Å². The van der Waals surface area contributed by atoms with E-state index in [-0.39, 0.29) is 5.91 Å². The summed E-state index contributed by atoms with van der Waals surface area (Å²) in [5, 5.41) is 3.04. The molecule has 1 amide bonds. The first-order valence-corrected chi connectivity index (χ1v) is 10.6. The second-order valence-corrected chi connectivity index (χ2v) is 7.98. The predicted molar refractivity (Wildman–Crippen MR) is 110 cm³/mol. The Morgan fingerprint density at radius 2 is 1.89 bits per heavy atom. The van der Waals surface area contributed by atoms with Gasteiger partial charge in [-0.05, 0) is 44.9 Å². The number of aryl methyl sites for hydroxylation is 1. The van der Waals surface area contributed by atoms with Crippen LogP contribution in [0, 0.1) is 6.92 Å². The molecule has 1 aliphatic carbocycles. The van der Waals surface area contributed by atoms with Crippen molar-refractivity contribution in [1.29, 1.82) is 0 Å². The van der Waals surface area contributed by atoms with Gasteiger partial charge in [0.2, 0.25) is 0 Å². The third kappa shape index (κ3) is 5.69. The lowest BCUT2D eigenvalue weighted by Gasteiger charge is -2.40. The summed E-state index contributed by atoms with van der Waals surface area (Å²) in [6, 6.07) is 6.54. The molecule has 150 valence electrons. The molecule has 27 heavy (non-hydrogen) atoms. The first kappa shape index (κ1) is 20.2. The molecule has 1 heterocycles. The van der Waals surface area contributed by atoms with E-state index in [4.69, 9.17) is 4.74 Å². The molecule has 3 rings (SSSR count). The molecular weight excluding hydrogens is 338 g/mol. The number of nitrogens with one attached hydrogen (secondary N) is 1. The number of methoxy groups -OCH3 is 1. The number of rotatable bonds is 7. The highest BCUT2D eigenvalue weighted by molar-refractivity contribution is 5.97. The van der Waals surface area contributed by atoms with Crippen LogP contribution in [-0.2, 0) is 0 Å². The summed E-state index contributed by atoms with van der Waals surface area (Å²) in [7, 11) is 1.61. The lowest BCUT2D eigenvalue weighted by Crippen LogP contribution is -2.51. The zero-order valence-electron chi connectivity index (χ0n) is 17.0. The molecule has 5 nitrogen and oxygen atoms in total. The number of amides is 1. The average Bonchev–Trinajstić information content (AvgIpc) is 2.72. The van der Waals surface area contributed by atoms with Gasteiger partial charge in [-0.3, -0.25) is 9.69 Å². The van der Waals surface area contributed by atoms with Gasteiger partial charge in [0.15, 0.2) is 0 Å². The lowest BCUT2D eigenvalue weighted by molar-refractivity contribution is 0.0779. The van der Waals surface area contributed by atoms with Crippen molar-refractivity contribution in [1.82, 2.24) is 15.1 Å². The van der Waals surface area contributed by atoms with Crippen LogP contribution in [0.2, 0.25) is 0 Å². The summed E-state index contributed by atoms with van der Waals surface area (Å²) >= 11 is 0. The molecule has 5 heteroatoms. The van der Waals surface area contributed by atoms with E-state index in [0.29, 0.717) is 17.9 Å². The van der Waals surface area contributed by atoms with Gasteiger partial charge in [-0.15, -0.1) is 0 Å². The topological polar surface area (TPSA) is 44.8 Å². The Balaban J connectivity index is 1.35. The van der Waals surface area contributed by atoms with Crippen molar-refractivity contribution in [3.05, 3.63) is 29.3 Å². The molecule has 2 aliphatic rings. The van der Waals surface area contributed by atoms with Crippen LogP contribution in [0.4, 0.5) is 0 Å². The molecule has 1 aliphatic heterocycles. The highest BCUT2D eigenvalue weighted by atomic mass is 16.5. The molecule has 0 atom stereocenters. The van der Waals surface area contributed by atoms with Crippen LogP contribution in [0.5, 0.6) is 5.75 Å². The largest absolute Gasteiger partial charge is 0.496 e. The molecule has 0 spiro atoms. The van der Waals surface area contributed by atoms with Crippen molar-refractivity contribution in [2.45, 2.75) is 51.5 Å². The number of hydrogen-bond acceptors (Lipinski definition) is 4. The maximum absolute atomic E-state index is 12.4. The standard InChI is InChI=1S/C22H35N3O2/c1-18-9-10-21(27-2)20(17-18)22(26)23-11-6-12-24-13-15-25(16-14-24)19-7-4-3-5-8-19/h9-10,17,19H,3-8,11-16H2,1-2H3,(H,23,26). The smallest absolute Gasteiger partial charge is 0.255 e. The van der Waals surface area contributed by atoms with Crippen molar-refractivity contribution in [3.8, 4) is 5.75 Å². The average molecular weight is 374 g/mol. The van der Waals surface area contributed by atoms with E-state index in [9.17, 15) is 4.79 Å². The van der Waals surface area contributed by atoms with E-state index in [1.807, 2.05) is 25.1 Å². The zero-order valence-corrected chi connectivity index (χ0v) is 17.0. The first-order chi connectivity index (χ1) is 13.2. The summed E-state index contributed by atoms with van der Waals surface area (Å²) in [5.41, 5.74) is 1.69. The summed E-state index contributed by atoms with van der Waals surface area (Å²) in [5.74, 6) is 0.592. The highest BCUT2D eigenvalue weighted by Crippen LogP contribution is 2.23. The second-order valence-electron chi connectivity index (χ2n) is 7.98. The Morgan fingerprint density at radius 3 is 2.59 bits per heavy atom. The Bertz CT molecular complexity index is 606. The summed E-state index contributed by atoms with van der Waals surface area (Å²) in [4.78, 5) is 17.7. The molecule has 0 aromatic heterocycles. The molecule has 1 aromatic rings. The molecular formula is C22H35N3O2. The third-order valence-electron chi connectivity index (χ3n) is 6.03. The maximum atomic E-state index is 12.4. The minimum Gasteiger partial charge on any atom is -0.496 e. The van der Waals surface area contributed by atoms with Gasteiger partial charge < -0.3 is 15.0 Å². The van der Waals surface area contributed by atoms with Crippen molar-refractivity contribution in [2.75, 3.05) is 46.4 Å². The molecule has 0 unspecified atom stereocenters. The van der Waals surface area contributed by atoms with E-state index >= 15 is 0 Å². The number of carbonyl (C=O) groups is 1. The normalized spacial score (nSPS) is 19.8. The van der Waals surface area contributed by atoms with E-state index in [2.05, 4.69) is 15.1 Å². The summed E-state index contributed by atoms with van der Waals surface area (Å²) in [6.07, 6.45) is 8.04. The minimum absolute atomic E-state index is 0.0438. The lowest BCUT2D eigenvalue weighted by atomic mass is 9.94. The number of piperazine rings is 1. The highest BCUT2D eigenvalue weighted by Gasteiger charge is 2.24. The van der Waals surface area contributed by atoms with Crippen LogP contribution in [0.15, 0.2) is 18.2 Å². The SMILES string of the molecule is COc1ccc(C)cc1C(=O)NCCCN1CCN(C2CCCCC2)CC1. The molecule has 0 radical (unpaired) electrons. The Hall–Kier alpha value is -1.59. The monoisotopic (exact) mass is 373 g/mol. The van der Waals surface area contributed by atoms with Crippen molar-refractivity contribution < 1.29 is 9.53 Å². The molecule has 1 saturated carbocycles. The molecule has 1 N–H and O–H groups in total. The van der Waals surface area contributed by atoms with Crippen LogP contribution in [0.3, 0.4) is 0 Å². The van der Waals surface area contributed by atoms with Gasteiger partial charge in [0.1, 0.15) is 5.75 Å². The Kier molecular flexibility index (Phi) is 7.53. The van der Waals surface area contributed by atoms with Gasteiger partial charge in [-0.1, -0.05) is 30.9 Å². The van der Waals surface area contributed by atoms with Crippen LogP contribution >= 0.6 is 0 Å². The third-order valence-corrected chi connectivity index (χ3v) is 6.03. The quantitative estimate of drug-likeness (QED) is 0.746. The fourth-order valence-electron chi connectivity index (χ4n) is 4.40. The van der Waals surface area contributed by atoms with Crippen molar-refractivity contribution in [2.24, 2.45) is 0 Å². The number of nitrogens with zero attached hydrogens (tertiary/aromatic N) is 2. The van der Waals surface area contributed by atoms with Gasteiger partial charge in [0.25, 0.3) is 5.91 Å². The molecule has 1 saturated heterocycles. The second kappa shape index (κ2) is 10.1. The van der Waals surface area contributed by atoms with Crippen LogP contribution < -0.4 is 10.1 Å². The summed E-state index contributed by atoms with van der Waals surface area (Å²) in [6.45, 7) is 8.49. The summed E-state index contributed by atoms with van der Waals surface area (Å²) < 4.78 is 5.31. The number of benzene rings is 1. The van der Waals surface area contributed by atoms with Crippen LogP contribution in [-0.4, -0.2) is 68.1 Å². The van der Waals surface area contributed by atoms with Crippen molar-refractivity contribution in [3.63, 3.8) is 0 Å². The number of ether oxygens (including phenoxy) is 1. The maximum Gasteiger partial charge on any atom is 0.255 e.